The molecule has 4 fully saturated rings. The largest absolute Gasteiger partial charge is 0.506 e. The Bertz CT molecular complexity index is 2160. The smallest absolute Gasteiger partial charge is 0.316 e. The number of fused-ring (bicyclic) bond motifs is 4. The Balaban J connectivity index is 0.870. The number of halogens is 1. The van der Waals surface area contributed by atoms with Crippen LogP contribution in [0.15, 0.2) is 65.5 Å². The van der Waals surface area contributed by atoms with E-state index in [1.54, 1.807) is 36.2 Å². The zero-order valence-electron chi connectivity index (χ0n) is 34.1. The van der Waals surface area contributed by atoms with Crippen LogP contribution in [0.1, 0.15) is 86.1 Å². The van der Waals surface area contributed by atoms with Gasteiger partial charge in [-0.15, -0.1) is 0 Å². The van der Waals surface area contributed by atoms with Crippen LogP contribution in [-0.4, -0.2) is 96.5 Å². The zero-order chi connectivity index (χ0) is 41.5. The van der Waals surface area contributed by atoms with Gasteiger partial charge in [-0.3, -0.25) is 19.3 Å². The number of likely N-dealkylation sites (N-methyl/N-ethyl adjacent to an activating group) is 1. The third kappa shape index (κ3) is 9.89. The third-order valence-electron chi connectivity index (χ3n) is 12.7. The number of esters is 1. The van der Waals surface area contributed by atoms with Crippen molar-refractivity contribution in [1.29, 1.82) is 0 Å². The molecule has 0 radical (unpaired) electrons. The summed E-state index contributed by atoms with van der Waals surface area (Å²) in [5.74, 6) is 1.03. The normalized spacial score (nSPS) is 20.2. The van der Waals surface area contributed by atoms with E-state index in [9.17, 15) is 24.6 Å². The molecular weight excluding hydrogens is 772 g/mol. The fraction of sp³-hybridized carbons (Fsp3) is 0.500. The lowest BCUT2D eigenvalue weighted by Gasteiger charge is -2.45. The number of benzene rings is 3. The molecule has 0 spiro atoms. The lowest BCUT2D eigenvalue weighted by atomic mass is 9.69. The highest BCUT2D eigenvalue weighted by molar-refractivity contribution is 6.32. The highest BCUT2D eigenvalue weighted by atomic mass is 35.5. The maximum absolute atomic E-state index is 14.0. The number of nitrogens with zero attached hydrogens (tertiary/aromatic N) is 2. The summed E-state index contributed by atoms with van der Waals surface area (Å²) in [7, 11) is 3.30. The van der Waals surface area contributed by atoms with Crippen molar-refractivity contribution in [3.8, 4) is 17.2 Å². The molecule has 3 aliphatic heterocycles. The summed E-state index contributed by atoms with van der Waals surface area (Å²) in [5.41, 5.74) is 2.91. The molecule has 4 N–H and O–H groups in total. The molecule has 1 saturated carbocycles. The minimum atomic E-state index is -0.933. The number of hydrogen-bond acceptors (Lipinski definition) is 10. The van der Waals surface area contributed by atoms with Gasteiger partial charge in [-0.05, 0) is 98.8 Å². The molecule has 2 unspecified atom stereocenters. The van der Waals surface area contributed by atoms with Gasteiger partial charge in [0.2, 0.25) is 5.56 Å². The maximum Gasteiger partial charge on any atom is 0.316 e. The van der Waals surface area contributed by atoms with Gasteiger partial charge in [-0.1, -0.05) is 61.2 Å². The standard InChI is InChI=1S/C46H57ClN4O8/c1-50(20-7-4-9-30-10-8-11-33(23-30)46(18-5-3-6-19-46)45(56)59-41-28-51-21-16-31(41)17-22-51)43(55)29-58-40-25-39(57-2)32(24-36(40)47)26-48-27-38(53)34-12-14-37(52)44-35(34)13-15-42(54)49-44/h8,10-15,23-25,31,38,41,48,52-53H,3-7,9,16-22,26-29H2,1-2H3,(H,49,54). The van der Waals surface area contributed by atoms with Crippen LogP contribution in [0.2, 0.25) is 5.02 Å². The molecule has 12 nitrogen and oxygen atoms in total. The molecule has 4 aromatic rings. The summed E-state index contributed by atoms with van der Waals surface area (Å²) < 4.78 is 17.8. The van der Waals surface area contributed by atoms with Gasteiger partial charge in [0.15, 0.2) is 6.61 Å². The number of phenols is 1. The van der Waals surface area contributed by atoms with E-state index in [4.69, 9.17) is 25.8 Å². The van der Waals surface area contributed by atoms with Crippen LogP contribution in [0.4, 0.5) is 0 Å². The lowest BCUT2D eigenvalue weighted by molar-refractivity contribution is -0.167. The number of aromatic hydroxyl groups is 1. The minimum absolute atomic E-state index is 0.00997. The van der Waals surface area contributed by atoms with Crippen LogP contribution in [0.3, 0.4) is 0 Å². The number of nitrogens with one attached hydrogen (secondary N) is 2. The fourth-order valence-electron chi connectivity index (χ4n) is 9.16. The summed E-state index contributed by atoms with van der Waals surface area (Å²) in [6.07, 6.45) is 8.76. The SMILES string of the molecule is COc1cc(OCC(=O)N(C)CCCCc2cccc(C3(C(=O)OC4CN5CCC4CC5)CCCCC3)c2)c(Cl)cc1CNCC(O)c1ccc(O)c2[nH]c(=O)ccc12. The molecule has 316 valence electrons. The van der Waals surface area contributed by atoms with Crippen LogP contribution < -0.4 is 20.3 Å². The van der Waals surface area contributed by atoms with Gasteiger partial charge in [0.1, 0.15) is 23.4 Å². The average Bonchev–Trinajstić information content (AvgIpc) is 3.25. The van der Waals surface area contributed by atoms with Crippen molar-refractivity contribution >= 4 is 34.4 Å². The summed E-state index contributed by atoms with van der Waals surface area (Å²) in [6.45, 7) is 3.97. The second-order valence-electron chi connectivity index (χ2n) is 16.5. The summed E-state index contributed by atoms with van der Waals surface area (Å²) in [4.78, 5) is 45.6. The molecule has 8 rings (SSSR count). The predicted octanol–water partition coefficient (Wildman–Crippen LogP) is 6.42. The highest BCUT2D eigenvalue weighted by Crippen LogP contribution is 2.42. The zero-order valence-corrected chi connectivity index (χ0v) is 34.9. The molecule has 4 aliphatic rings. The number of unbranched alkanes of at least 4 members (excludes halogenated alkanes) is 1. The van der Waals surface area contributed by atoms with E-state index < -0.39 is 11.5 Å². The molecule has 2 bridgehead atoms. The number of carbonyl (C=O) groups excluding carboxylic acids is 2. The van der Waals surface area contributed by atoms with Crippen molar-refractivity contribution in [2.75, 3.05) is 53.5 Å². The van der Waals surface area contributed by atoms with Crippen LogP contribution in [0.25, 0.3) is 10.9 Å². The predicted molar refractivity (Wildman–Crippen MR) is 227 cm³/mol. The second kappa shape index (κ2) is 19.2. The number of aliphatic hydroxyl groups is 1. The monoisotopic (exact) mass is 828 g/mol. The minimum Gasteiger partial charge on any atom is -0.506 e. The Kier molecular flexibility index (Phi) is 13.8. The quantitative estimate of drug-likeness (QED) is 0.0693. The van der Waals surface area contributed by atoms with E-state index >= 15 is 0 Å². The molecule has 3 saturated heterocycles. The molecule has 59 heavy (non-hydrogen) atoms. The van der Waals surface area contributed by atoms with Crippen molar-refractivity contribution < 1.29 is 34.0 Å². The first-order valence-electron chi connectivity index (χ1n) is 21.0. The van der Waals surface area contributed by atoms with E-state index in [1.165, 1.54) is 24.8 Å². The van der Waals surface area contributed by atoms with Gasteiger partial charge in [0.05, 0.1) is 29.2 Å². The summed E-state index contributed by atoms with van der Waals surface area (Å²) in [5, 5.41) is 25.2. The number of rotatable bonds is 17. The number of aliphatic hydroxyl groups excluding tert-OH is 1. The number of methoxy groups -OCH3 is 1. The first kappa shape index (κ1) is 42.5. The number of hydrogen-bond donors (Lipinski definition) is 4. The average molecular weight is 829 g/mol. The van der Waals surface area contributed by atoms with E-state index in [-0.39, 0.29) is 48.0 Å². The third-order valence-corrected chi connectivity index (χ3v) is 13.0. The highest BCUT2D eigenvalue weighted by Gasteiger charge is 2.46. The number of ether oxygens (including phenoxy) is 3. The van der Waals surface area contributed by atoms with Gasteiger partial charge >= 0.3 is 5.97 Å². The molecule has 13 heteroatoms. The maximum atomic E-state index is 14.0. The molecular formula is C46H57ClN4O8. The van der Waals surface area contributed by atoms with Crippen LogP contribution >= 0.6 is 11.6 Å². The fourth-order valence-corrected chi connectivity index (χ4v) is 9.40. The van der Waals surface area contributed by atoms with Crippen molar-refractivity contribution in [3.63, 3.8) is 0 Å². The second-order valence-corrected chi connectivity index (χ2v) is 16.9. The Morgan fingerprint density at radius 3 is 2.58 bits per heavy atom. The number of carbonyl (C=O) groups is 2. The number of aryl methyl sites for hydroxylation is 1. The number of amides is 1. The topological polar surface area (TPSA) is 154 Å². The van der Waals surface area contributed by atoms with E-state index in [2.05, 4.69) is 39.5 Å². The molecule has 1 amide bonds. The van der Waals surface area contributed by atoms with Crippen molar-refractivity contribution in [3.05, 3.63) is 98.3 Å². The van der Waals surface area contributed by atoms with E-state index in [0.717, 1.165) is 95.0 Å². The molecule has 1 aromatic heterocycles. The van der Waals surface area contributed by atoms with Crippen LogP contribution in [0, 0.1) is 5.92 Å². The molecule has 2 atom stereocenters. The summed E-state index contributed by atoms with van der Waals surface area (Å²) in [6, 6.07) is 17.9. The van der Waals surface area contributed by atoms with Gasteiger partial charge in [0, 0.05) is 56.3 Å². The summed E-state index contributed by atoms with van der Waals surface area (Å²) >= 11 is 6.59. The lowest BCUT2D eigenvalue weighted by Crippen LogP contribution is -2.53. The van der Waals surface area contributed by atoms with Crippen molar-refractivity contribution in [2.45, 2.75) is 88.4 Å². The number of aromatic nitrogens is 1. The first-order chi connectivity index (χ1) is 28.5. The van der Waals surface area contributed by atoms with Gasteiger partial charge < -0.3 is 39.6 Å². The van der Waals surface area contributed by atoms with Gasteiger partial charge in [-0.25, -0.2) is 0 Å². The number of aromatic amines is 1. The van der Waals surface area contributed by atoms with E-state index in [0.29, 0.717) is 46.5 Å². The Hall–Kier alpha value is -4.62. The Morgan fingerprint density at radius 1 is 1.03 bits per heavy atom. The first-order valence-corrected chi connectivity index (χ1v) is 21.4. The molecule has 1 aliphatic carbocycles. The Morgan fingerprint density at radius 2 is 1.83 bits per heavy atom. The molecule has 4 heterocycles. The van der Waals surface area contributed by atoms with Crippen molar-refractivity contribution in [1.82, 2.24) is 20.1 Å². The number of phenolic OH excluding ortho intramolecular Hbond substituents is 1. The van der Waals surface area contributed by atoms with Gasteiger partial charge in [-0.2, -0.15) is 0 Å². The number of H-pyrrole nitrogens is 1. The van der Waals surface area contributed by atoms with Crippen molar-refractivity contribution in [2.24, 2.45) is 5.92 Å². The number of piperidine rings is 3. The van der Waals surface area contributed by atoms with E-state index in [1.807, 2.05) is 0 Å². The van der Waals surface area contributed by atoms with Crippen LogP contribution in [0.5, 0.6) is 17.2 Å². The number of pyridine rings is 1. The Labute approximate surface area is 350 Å². The molecule has 3 aromatic carbocycles. The van der Waals surface area contributed by atoms with Gasteiger partial charge in [0.25, 0.3) is 5.91 Å². The van der Waals surface area contributed by atoms with Crippen LogP contribution in [-0.2, 0) is 32.7 Å².